The van der Waals surface area contributed by atoms with Crippen LogP contribution in [0.4, 0.5) is 0 Å². The monoisotopic (exact) mass is 641 g/mol. The molecule has 50 heavy (non-hydrogen) atoms. The van der Waals surface area contributed by atoms with Crippen LogP contribution in [-0.2, 0) is 5.41 Å². The number of benzene rings is 7. The summed E-state index contributed by atoms with van der Waals surface area (Å²) in [5, 5.41) is 7.85. The van der Waals surface area contributed by atoms with Crippen molar-refractivity contribution in [1.82, 2.24) is 15.0 Å². The van der Waals surface area contributed by atoms with E-state index in [2.05, 4.69) is 147 Å². The van der Waals surface area contributed by atoms with Crippen molar-refractivity contribution in [3.63, 3.8) is 0 Å². The molecule has 0 N–H and O–H groups in total. The lowest BCUT2D eigenvalue weighted by Crippen LogP contribution is -2.10. The van der Waals surface area contributed by atoms with Gasteiger partial charge >= 0.3 is 0 Å². The predicted molar refractivity (Wildman–Crippen MR) is 209 cm³/mol. The van der Waals surface area contributed by atoms with Gasteiger partial charge in [0, 0.05) is 29.1 Å². The van der Waals surface area contributed by atoms with Crippen LogP contribution in [0.15, 0.2) is 158 Å². The van der Waals surface area contributed by atoms with E-state index in [1.807, 2.05) is 30.5 Å². The summed E-state index contributed by atoms with van der Waals surface area (Å²) in [5.41, 5.74) is 10.9. The normalized spacial score (nSPS) is 11.9. The Labute approximate surface area is 292 Å². The molecule has 9 rings (SSSR count). The van der Waals surface area contributed by atoms with Crippen LogP contribution in [0.25, 0.3) is 88.5 Å². The van der Waals surface area contributed by atoms with Crippen molar-refractivity contribution >= 4 is 32.3 Å². The van der Waals surface area contributed by atoms with E-state index in [-0.39, 0.29) is 5.41 Å². The third-order valence-electron chi connectivity index (χ3n) is 9.89. The summed E-state index contributed by atoms with van der Waals surface area (Å²) in [7, 11) is 0. The molecule has 2 heterocycles. The fraction of sp³-hybridized carbons (Fsp3) is 0.0851. The molecule has 0 unspecified atom stereocenters. The minimum Gasteiger partial charge on any atom is -0.264 e. The second-order valence-electron chi connectivity index (χ2n) is 14.2. The molecule has 3 nitrogen and oxygen atoms in total. The van der Waals surface area contributed by atoms with Gasteiger partial charge in [0.15, 0.2) is 5.82 Å². The molecular formula is C47H35N3. The molecular weight excluding hydrogens is 607 g/mol. The van der Waals surface area contributed by atoms with E-state index in [9.17, 15) is 0 Å². The average molecular weight is 642 g/mol. The maximum absolute atomic E-state index is 5.11. The number of rotatable bonds is 5. The molecule has 0 atom stereocenters. The van der Waals surface area contributed by atoms with Crippen molar-refractivity contribution in [2.24, 2.45) is 0 Å². The van der Waals surface area contributed by atoms with Gasteiger partial charge in [-0.25, -0.2) is 9.97 Å². The molecule has 0 saturated carbocycles. The maximum Gasteiger partial charge on any atom is 0.160 e. The minimum atomic E-state index is 0.0918. The van der Waals surface area contributed by atoms with Crippen molar-refractivity contribution in [1.29, 1.82) is 0 Å². The summed E-state index contributed by atoms with van der Waals surface area (Å²) < 4.78 is 0. The first kappa shape index (κ1) is 29.9. The SMILES string of the molecule is CC(C)(C)c1cc2ccc3ccc(-c4ccc(-c5cc(-c6ccccc6)nc(-c6ccc(-c7cccnc7)cc6)n5)cc4)c4ccc(c1)c2c34. The molecule has 0 aliphatic carbocycles. The van der Waals surface area contributed by atoms with E-state index >= 15 is 0 Å². The Morgan fingerprint density at radius 2 is 1.02 bits per heavy atom. The van der Waals surface area contributed by atoms with E-state index in [0.29, 0.717) is 5.82 Å². The topological polar surface area (TPSA) is 38.7 Å². The smallest absolute Gasteiger partial charge is 0.160 e. The summed E-state index contributed by atoms with van der Waals surface area (Å²) in [6.07, 6.45) is 3.68. The van der Waals surface area contributed by atoms with E-state index in [4.69, 9.17) is 9.97 Å². The molecule has 7 aromatic carbocycles. The summed E-state index contributed by atoms with van der Waals surface area (Å²) in [4.78, 5) is 14.4. The van der Waals surface area contributed by atoms with Crippen LogP contribution in [0.1, 0.15) is 26.3 Å². The van der Waals surface area contributed by atoms with Gasteiger partial charge in [0.2, 0.25) is 0 Å². The van der Waals surface area contributed by atoms with Crippen LogP contribution in [0, 0.1) is 0 Å². The lowest BCUT2D eigenvalue weighted by molar-refractivity contribution is 0.591. The summed E-state index contributed by atoms with van der Waals surface area (Å²) in [6, 6.07) is 52.1. The Balaban J connectivity index is 1.12. The summed E-state index contributed by atoms with van der Waals surface area (Å²) in [5.74, 6) is 0.699. The average Bonchev–Trinajstić information content (AvgIpc) is 3.17. The molecule has 0 spiro atoms. The van der Waals surface area contributed by atoms with Crippen LogP contribution >= 0.6 is 0 Å². The Morgan fingerprint density at radius 1 is 0.440 bits per heavy atom. The highest BCUT2D eigenvalue weighted by Crippen LogP contribution is 2.41. The van der Waals surface area contributed by atoms with Crippen LogP contribution in [0.2, 0.25) is 0 Å². The first-order valence-electron chi connectivity index (χ1n) is 17.2. The van der Waals surface area contributed by atoms with Gasteiger partial charge in [-0.2, -0.15) is 0 Å². The zero-order chi connectivity index (χ0) is 33.8. The molecule has 3 heteroatoms. The highest BCUT2D eigenvalue weighted by molar-refractivity contribution is 6.25. The van der Waals surface area contributed by atoms with Crippen LogP contribution < -0.4 is 0 Å². The Kier molecular flexibility index (Phi) is 7.03. The highest BCUT2D eigenvalue weighted by Gasteiger charge is 2.18. The maximum atomic E-state index is 5.11. The molecule has 238 valence electrons. The third kappa shape index (κ3) is 5.28. The van der Waals surface area contributed by atoms with Gasteiger partial charge < -0.3 is 0 Å². The molecule has 0 bridgehead atoms. The van der Waals surface area contributed by atoms with Crippen LogP contribution in [0.3, 0.4) is 0 Å². The van der Waals surface area contributed by atoms with E-state index in [1.54, 1.807) is 6.20 Å². The van der Waals surface area contributed by atoms with Gasteiger partial charge in [-0.05, 0) is 77.7 Å². The number of hydrogen-bond acceptors (Lipinski definition) is 3. The first-order chi connectivity index (χ1) is 24.4. The van der Waals surface area contributed by atoms with Crippen LogP contribution in [0.5, 0.6) is 0 Å². The molecule has 0 saturated heterocycles. The van der Waals surface area contributed by atoms with Gasteiger partial charge in [0.25, 0.3) is 0 Å². The fourth-order valence-corrected chi connectivity index (χ4v) is 7.15. The first-order valence-corrected chi connectivity index (χ1v) is 17.2. The van der Waals surface area contributed by atoms with Crippen LogP contribution in [-0.4, -0.2) is 15.0 Å². The second-order valence-corrected chi connectivity index (χ2v) is 14.2. The zero-order valence-electron chi connectivity index (χ0n) is 28.4. The number of aromatic nitrogens is 3. The van der Waals surface area contributed by atoms with Gasteiger partial charge in [-0.1, -0.05) is 154 Å². The summed E-state index contributed by atoms with van der Waals surface area (Å²) >= 11 is 0. The second kappa shape index (κ2) is 11.7. The molecule has 0 amide bonds. The van der Waals surface area contributed by atoms with Gasteiger partial charge in [-0.3, -0.25) is 4.98 Å². The fourth-order valence-electron chi connectivity index (χ4n) is 7.15. The van der Waals surface area contributed by atoms with Crippen molar-refractivity contribution in [2.75, 3.05) is 0 Å². The number of pyridine rings is 1. The van der Waals surface area contributed by atoms with Crippen molar-refractivity contribution in [3.8, 4) is 56.2 Å². The quantitative estimate of drug-likeness (QED) is 0.176. The number of hydrogen-bond donors (Lipinski definition) is 0. The predicted octanol–water partition coefficient (Wildman–Crippen LogP) is 12.4. The molecule has 9 aromatic rings. The Hall–Kier alpha value is -6.19. The van der Waals surface area contributed by atoms with Gasteiger partial charge in [0.05, 0.1) is 11.4 Å². The minimum absolute atomic E-state index is 0.0918. The van der Waals surface area contributed by atoms with Crippen molar-refractivity contribution < 1.29 is 0 Å². The Morgan fingerprint density at radius 3 is 1.70 bits per heavy atom. The Bertz CT molecular complexity index is 2620. The molecule has 0 radical (unpaired) electrons. The van der Waals surface area contributed by atoms with Crippen molar-refractivity contribution in [2.45, 2.75) is 26.2 Å². The van der Waals surface area contributed by atoms with E-state index in [1.165, 1.54) is 49.0 Å². The van der Waals surface area contributed by atoms with Gasteiger partial charge in [-0.15, -0.1) is 0 Å². The van der Waals surface area contributed by atoms with Gasteiger partial charge in [0.1, 0.15) is 0 Å². The standard InChI is InChI=1S/C47H35N3/c1-47(2,3)39-26-36-20-17-34-21-23-40(41-24-22-37(27-39)44(36)45(34)41)31-13-15-33(16-14-31)43-28-42(32-8-5-4-6-9-32)49-46(50-43)35-18-11-30(12-19-35)38-10-7-25-48-29-38/h4-29H,1-3H3. The molecule has 0 aliphatic rings. The highest BCUT2D eigenvalue weighted by atomic mass is 14.9. The molecule has 0 fully saturated rings. The number of nitrogens with zero attached hydrogens (tertiary/aromatic N) is 3. The van der Waals surface area contributed by atoms with E-state index in [0.717, 1.165) is 39.2 Å². The summed E-state index contributed by atoms with van der Waals surface area (Å²) in [6.45, 7) is 6.86. The van der Waals surface area contributed by atoms with Crippen molar-refractivity contribution in [3.05, 3.63) is 164 Å². The molecule has 0 aliphatic heterocycles. The third-order valence-corrected chi connectivity index (χ3v) is 9.89. The lowest BCUT2D eigenvalue weighted by Gasteiger charge is -2.22. The largest absolute Gasteiger partial charge is 0.264 e. The lowest BCUT2D eigenvalue weighted by atomic mass is 9.83. The zero-order valence-corrected chi connectivity index (χ0v) is 28.4. The van der Waals surface area contributed by atoms with E-state index < -0.39 is 0 Å². The molecule has 2 aromatic heterocycles.